The summed E-state index contributed by atoms with van der Waals surface area (Å²) in [5, 5.41) is 0.591. The van der Waals surface area contributed by atoms with E-state index in [4.69, 9.17) is 18.0 Å². The summed E-state index contributed by atoms with van der Waals surface area (Å²) in [6, 6.07) is 0. The Balaban J connectivity index is 1.98. The second-order valence-electron chi connectivity index (χ2n) is 3.86. The van der Waals surface area contributed by atoms with Gasteiger partial charge in [-0.2, -0.15) is 0 Å². The highest BCUT2D eigenvalue weighted by molar-refractivity contribution is 7.80. The highest BCUT2D eigenvalue weighted by atomic mass is 32.1. The predicted octanol–water partition coefficient (Wildman–Crippen LogP) is 1.11. The van der Waals surface area contributed by atoms with Crippen LogP contribution >= 0.6 is 12.2 Å². The van der Waals surface area contributed by atoms with Crippen molar-refractivity contribution in [3.63, 3.8) is 0 Å². The number of thiocarbonyl (C=S) groups is 1. The Morgan fingerprint density at radius 1 is 1.36 bits per heavy atom. The molecule has 1 aliphatic carbocycles. The maximum atomic E-state index is 5.56. The fourth-order valence-electron chi connectivity index (χ4n) is 2.21. The first-order valence-corrected chi connectivity index (χ1v) is 4.67. The van der Waals surface area contributed by atoms with Crippen LogP contribution in [0.4, 0.5) is 0 Å². The largest absolute Gasteiger partial charge is 0.376 e. The summed E-state index contributed by atoms with van der Waals surface area (Å²) in [6.07, 6.45) is 5.51. The Bertz CT molecular complexity index is 187. The molecule has 0 aromatic rings. The van der Waals surface area contributed by atoms with Gasteiger partial charge < -0.3 is 10.6 Å². The van der Waals surface area contributed by atoms with Crippen molar-refractivity contribution in [2.75, 3.05) is 13.1 Å². The second-order valence-corrected chi connectivity index (χ2v) is 4.28. The molecule has 0 atom stereocenters. The lowest BCUT2D eigenvalue weighted by molar-refractivity contribution is 0.152. The molecular formula is C8H14N2S. The van der Waals surface area contributed by atoms with Crippen molar-refractivity contribution in [3.8, 4) is 0 Å². The van der Waals surface area contributed by atoms with Crippen LogP contribution in [-0.4, -0.2) is 23.1 Å². The molecule has 0 radical (unpaired) electrons. The quantitative estimate of drug-likeness (QED) is 0.552. The van der Waals surface area contributed by atoms with Gasteiger partial charge in [0, 0.05) is 13.1 Å². The zero-order chi connectivity index (χ0) is 7.90. The van der Waals surface area contributed by atoms with Gasteiger partial charge in [0.1, 0.15) is 0 Å². The van der Waals surface area contributed by atoms with Gasteiger partial charge in [0.05, 0.1) is 0 Å². The van der Waals surface area contributed by atoms with E-state index in [9.17, 15) is 0 Å². The maximum Gasteiger partial charge on any atom is 0.166 e. The minimum absolute atomic E-state index is 0.591. The molecule has 3 heteroatoms. The second kappa shape index (κ2) is 2.34. The van der Waals surface area contributed by atoms with Crippen molar-refractivity contribution in [2.45, 2.75) is 25.7 Å². The third-order valence-electron chi connectivity index (χ3n) is 3.16. The summed E-state index contributed by atoms with van der Waals surface area (Å²) in [5.74, 6) is 0. The van der Waals surface area contributed by atoms with Crippen LogP contribution in [0.15, 0.2) is 0 Å². The summed E-state index contributed by atoms with van der Waals surface area (Å²) in [7, 11) is 0. The molecule has 1 saturated heterocycles. The van der Waals surface area contributed by atoms with Crippen LogP contribution in [0.1, 0.15) is 25.7 Å². The molecule has 0 unspecified atom stereocenters. The van der Waals surface area contributed by atoms with Gasteiger partial charge in [0.15, 0.2) is 5.11 Å². The molecule has 62 valence electrons. The van der Waals surface area contributed by atoms with Gasteiger partial charge in [-0.3, -0.25) is 0 Å². The third-order valence-corrected chi connectivity index (χ3v) is 3.42. The summed E-state index contributed by atoms with van der Waals surface area (Å²) < 4.78 is 0. The Kier molecular flexibility index (Phi) is 1.56. The standard InChI is InChI=1S/C8H14N2S/c9-7(11)10-5-4-8(6-10)2-1-3-8/h1-6H2,(H2,9,11). The van der Waals surface area contributed by atoms with Gasteiger partial charge in [-0.25, -0.2) is 0 Å². The van der Waals surface area contributed by atoms with E-state index < -0.39 is 0 Å². The van der Waals surface area contributed by atoms with Crippen molar-refractivity contribution in [3.05, 3.63) is 0 Å². The lowest BCUT2D eigenvalue weighted by atomic mass is 9.68. The highest BCUT2D eigenvalue weighted by Gasteiger charge is 2.42. The van der Waals surface area contributed by atoms with Gasteiger partial charge in [-0.05, 0) is 36.9 Å². The topological polar surface area (TPSA) is 29.3 Å². The monoisotopic (exact) mass is 170 g/mol. The van der Waals surface area contributed by atoms with Crippen LogP contribution in [0, 0.1) is 5.41 Å². The highest BCUT2D eigenvalue weighted by Crippen LogP contribution is 2.47. The van der Waals surface area contributed by atoms with Crippen LogP contribution in [0.5, 0.6) is 0 Å². The molecule has 1 saturated carbocycles. The molecule has 1 spiro atoms. The number of nitrogens with zero attached hydrogens (tertiary/aromatic N) is 1. The predicted molar refractivity (Wildman–Crippen MR) is 49.3 cm³/mol. The van der Waals surface area contributed by atoms with Crippen molar-refractivity contribution in [2.24, 2.45) is 11.1 Å². The minimum Gasteiger partial charge on any atom is -0.376 e. The lowest BCUT2D eigenvalue weighted by Gasteiger charge is -2.38. The smallest absolute Gasteiger partial charge is 0.166 e. The van der Waals surface area contributed by atoms with Crippen LogP contribution in [0.25, 0.3) is 0 Å². The van der Waals surface area contributed by atoms with Crippen LogP contribution in [0.2, 0.25) is 0 Å². The van der Waals surface area contributed by atoms with Gasteiger partial charge in [-0.15, -0.1) is 0 Å². The summed E-state index contributed by atoms with van der Waals surface area (Å²) in [4.78, 5) is 2.15. The first-order valence-electron chi connectivity index (χ1n) is 4.26. The average Bonchev–Trinajstić information content (AvgIpc) is 2.28. The molecule has 2 fully saturated rings. The Morgan fingerprint density at radius 3 is 2.36 bits per heavy atom. The van der Waals surface area contributed by atoms with Crippen LogP contribution in [-0.2, 0) is 0 Å². The number of rotatable bonds is 0. The molecule has 1 aliphatic heterocycles. The summed E-state index contributed by atoms with van der Waals surface area (Å²) in [5.41, 5.74) is 6.18. The number of likely N-dealkylation sites (tertiary alicyclic amines) is 1. The molecule has 0 bridgehead atoms. The molecule has 11 heavy (non-hydrogen) atoms. The molecule has 2 nitrogen and oxygen atoms in total. The van der Waals surface area contributed by atoms with Crippen LogP contribution in [0.3, 0.4) is 0 Å². The molecule has 0 aromatic carbocycles. The number of nitrogens with two attached hydrogens (primary N) is 1. The molecule has 1 heterocycles. The SMILES string of the molecule is NC(=S)N1CCC2(CCC2)C1. The van der Waals surface area contributed by atoms with E-state index in [0.717, 1.165) is 13.1 Å². The number of hydrogen-bond acceptors (Lipinski definition) is 1. The zero-order valence-electron chi connectivity index (χ0n) is 6.68. The Morgan fingerprint density at radius 2 is 2.09 bits per heavy atom. The fourth-order valence-corrected chi connectivity index (χ4v) is 2.36. The lowest BCUT2D eigenvalue weighted by Crippen LogP contribution is -2.38. The molecule has 0 aromatic heterocycles. The zero-order valence-corrected chi connectivity index (χ0v) is 7.49. The first kappa shape index (κ1) is 7.35. The van der Waals surface area contributed by atoms with E-state index in [1.165, 1.54) is 25.7 Å². The van der Waals surface area contributed by atoms with Gasteiger partial charge in [-0.1, -0.05) is 6.42 Å². The van der Waals surface area contributed by atoms with Crippen molar-refractivity contribution < 1.29 is 0 Å². The van der Waals surface area contributed by atoms with E-state index in [1.54, 1.807) is 0 Å². The van der Waals surface area contributed by atoms with Crippen LogP contribution < -0.4 is 5.73 Å². The summed E-state index contributed by atoms with van der Waals surface area (Å²) in [6.45, 7) is 2.22. The first-order chi connectivity index (χ1) is 5.22. The molecule has 2 rings (SSSR count). The molecule has 2 aliphatic rings. The maximum absolute atomic E-state index is 5.56. The van der Waals surface area contributed by atoms with E-state index >= 15 is 0 Å². The van der Waals surface area contributed by atoms with Crippen molar-refractivity contribution >= 4 is 17.3 Å². The van der Waals surface area contributed by atoms with Crippen molar-refractivity contribution in [1.82, 2.24) is 4.90 Å². The Labute approximate surface area is 72.7 Å². The minimum atomic E-state index is 0.591. The van der Waals surface area contributed by atoms with Gasteiger partial charge in [0.25, 0.3) is 0 Å². The molecule has 0 amide bonds. The van der Waals surface area contributed by atoms with E-state index in [2.05, 4.69) is 4.90 Å². The van der Waals surface area contributed by atoms with Gasteiger partial charge >= 0.3 is 0 Å². The summed E-state index contributed by atoms with van der Waals surface area (Å²) >= 11 is 4.93. The van der Waals surface area contributed by atoms with E-state index in [1.807, 2.05) is 0 Å². The fraction of sp³-hybridized carbons (Fsp3) is 0.875. The molecule has 2 N–H and O–H groups in total. The van der Waals surface area contributed by atoms with Gasteiger partial charge in [0.2, 0.25) is 0 Å². The normalized spacial score (nSPS) is 27.1. The van der Waals surface area contributed by atoms with E-state index in [-0.39, 0.29) is 0 Å². The van der Waals surface area contributed by atoms with E-state index in [0.29, 0.717) is 10.5 Å². The Hall–Kier alpha value is -0.310. The average molecular weight is 170 g/mol. The third kappa shape index (κ3) is 1.11. The number of hydrogen-bond donors (Lipinski definition) is 1. The van der Waals surface area contributed by atoms with Crippen molar-refractivity contribution in [1.29, 1.82) is 0 Å². The molecular weight excluding hydrogens is 156 g/mol.